The fraction of sp³-hybridized carbons (Fsp3) is 0. The second kappa shape index (κ2) is 9.69. The SMILES string of the molecule is c1ccc(-c2cc3cc4oc5c(-c6c7ccccc7c(-c7ccc8ccccc8c7)c7ccccc67)cccc5c4cc3o2)cc1. The van der Waals surface area contributed by atoms with Crippen molar-refractivity contribution >= 4 is 65.2 Å². The summed E-state index contributed by atoms with van der Waals surface area (Å²) in [6, 6.07) is 56.1. The largest absolute Gasteiger partial charge is 0.456 e. The minimum absolute atomic E-state index is 0.857. The Labute approximate surface area is 264 Å². The Balaban J connectivity index is 1.24. The molecule has 0 saturated carbocycles. The zero-order valence-electron chi connectivity index (χ0n) is 24.8. The number of hydrogen-bond donors (Lipinski definition) is 0. The molecule has 214 valence electrons. The molecule has 0 bridgehead atoms. The lowest BCUT2D eigenvalue weighted by molar-refractivity contribution is 0.631. The highest BCUT2D eigenvalue weighted by Gasteiger charge is 2.21. The van der Waals surface area contributed by atoms with Crippen LogP contribution in [0.1, 0.15) is 0 Å². The lowest BCUT2D eigenvalue weighted by atomic mass is 9.85. The summed E-state index contributed by atoms with van der Waals surface area (Å²) in [7, 11) is 0. The van der Waals surface area contributed by atoms with Crippen molar-refractivity contribution in [2.75, 3.05) is 0 Å². The molecular weight excluding hydrogens is 560 g/mol. The number of hydrogen-bond acceptors (Lipinski definition) is 2. The van der Waals surface area contributed by atoms with Crippen molar-refractivity contribution in [3.8, 4) is 33.6 Å². The highest BCUT2D eigenvalue weighted by Crippen LogP contribution is 2.47. The Morgan fingerprint density at radius 1 is 0.326 bits per heavy atom. The van der Waals surface area contributed by atoms with Crippen molar-refractivity contribution < 1.29 is 8.83 Å². The second-order valence-electron chi connectivity index (χ2n) is 12.1. The van der Waals surface area contributed by atoms with E-state index in [-0.39, 0.29) is 0 Å². The van der Waals surface area contributed by atoms with Crippen molar-refractivity contribution in [2.45, 2.75) is 0 Å². The molecule has 0 spiro atoms. The van der Waals surface area contributed by atoms with E-state index in [2.05, 4.69) is 140 Å². The van der Waals surface area contributed by atoms with Crippen molar-refractivity contribution in [1.29, 1.82) is 0 Å². The highest BCUT2D eigenvalue weighted by molar-refractivity contribution is 6.24. The molecule has 10 aromatic rings. The van der Waals surface area contributed by atoms with Gasteiger partial charge in [0.2, 0.25) is 0 Å². The molecule has 0 aliphatic rings. The van der Waals surface area contributed by atoms with Gasteiger partial charge >= 0.3 is 0 Å². The predicted octanol–water partition coefficient (Wildman–Crippen LogP) is 12.8. The van der Waals surface area contributed by atoms with Crippen LogP contribution in [0.4, 0.5) is 0 Å². The van der Waals surface area contributed by atoms with E-state index in [1.807, 2.05) is 18.2 Å². The van der Waals surface area contributed by atoms with Gasteiger partial charge in [-0.1, -0.05) is 133 Å². The molecule has 0 aliphatic heterocycles. The van der Waals surface area contributed by atoms with Gasteiger partial charge in [0.15, 0.2) is 0 Å². The van der Waals surface area contributed by atoms with Gasteiger partial charge in [-0.15, -0.1) is 0 Å². The van der Waals surface area contributed by atoms with E-state index in [4.69, 9.17) is 8.83 Å². The summed E-state index contributed by atoms with van der Waals surface area (Å²) < 4.78 is 13.1. The molecule has 0 atom stereocenters. The third-order valence-corrected chi connectivity index (χ3v) is 9.43. The van der Waals surface area contributed by atoms with Crippen LogP contribution < -0.4 is 0 Å². The van der Waals surface area contributed by atoms with E-state index < -0.39 is 0 Å². The molecule has 2 heteroatoms. The Morgan fingerprint density at radius 3 is 1.74 bits per heavy atom. The summed E-state index contributed by atoms with van der Waals surface area (Å²) in [6.45, 7) is 0. The second-order valence-corrected chi connectivity index (χ2v) is 12.1. The standard InChI is InChI=1S/C44H26O2/c1-2-12-28(13-3-1)39-24-31-25-41-38(26-40(31)45-39)36-19-10-20-37(44(36)46-41)43-34-17-8-6-15-32(34)42(33-16-7-9-18-35(33)43)30-22-21-27-11-4-5-14-29(27)23-30/h1-26H. The molecule has 2 heterocycles. The average molecular weight is 587 g/mol. The lowest BCUT2D eigenvalue weighted by Gasteiger charge is -2.18. The predicted molar refractivity (Wildman–Crippen MR) is 192 cm³/mol. The van der Waals surface area contributed by atoms with Gasteiger partial charge in [-0.25, -0.2) is 0 Å². The van der Waals surface area contributed by atoms with Gasteiger partial charge in [0.25, 0.3) is 0 Å². The van der Waals surface area contributed by atoms with Crippen LogP contribution in [0, 0.1) is 0 Å². The fourth-order valence-corrected chi connectivity index (χ4v) is 7.35. The smallest absolute Gasteiger partial charge is 0.143 e. The molecule has 0 radical (unpaired) electrons. The van der Waals surface area contributed by atoms with Crippen LogP contribution in [-0.4, -0.2) is 0 Å². The molecule has 0 amide bonds. The van der Waals surface area contributed by atoms with Crippen LogP contribution in [0.5, 0.6) is 0 Å². The van der Waals surface area contributed by atoms with Crippen LogP contribution in [0.15, 0.2) is 167 Å². The maximum atomic E-state index is 6.78. The molecule has 10 rings (SSSR count). The van der Waals surface area contributed by atoms with Crippen molar-refractivity contribution in [3.63, 3.8) is 0 Å². The maximum absolute atomic E-state index is 6.78. The van der Waals surface area contributed by atoms with E-state index in [0.29, 0.717) is 0 Å². The summed E-state index contributed by atoms with van der Waals surface area (Å²) in [4.78, 5) is 0. The van der Waals surface area contributed by atoms with Crippen LogP contribution in [0.2, 0.25) is 0 Å². The van der Waals surface area contributed by atoms with Crippen molar-refractivity contribution in [1.82, 2.24) is 0 Å². The molecule has 46 heavy (non-hydrogen) atoms. The molecule has 0 N–H and O–H groups in total. The summed E-state index contributed by atoms with van der Waals surface area (Å²) in [5.74, 6) is 0.859. The molecule has 0 saturated heterocycles. The summed E-state index contributed by atoms with van der Waals surface area (Å²) in [5.41, 5.74) is 8.43. The number of benzene rings is 8. The fourth-order valence-electron chi connectivity index (χ4n) is 7.35. The Morgan fingerprint density at radius 2 is 0.978 bits per heavy atom. The van der Waals surface area contributed by atoms with Crippen LogP contribution in [-0.2, 0) is 0 Å². The average Bonchev–Trinajstić information content (AvgIpc) is 3.70. The van der Waals surface area contributed by atoms with Gasteiger partial charge in [-0.05, 0) is 67.7 Å². The lowest BCUT2D eigenvalue weighted by Crippen LogP contribution is -1.91. The maximum Gasteiger partial charge on any atom is 0.143 e. The Bertz CT molecular complexity index is 2740. The normalized spacial score (nSPS) is 11.9. The number of furan rings is 2. The van der Waals surface area contributed by atoms with E-state index >= 15 is 0 Å². The van der Waals surface area contributed by atoms with Gasteiger partial charge in [0, 0.05) is 32.8 Å². The molecule has 2 aromatic heterocycles. The van der Waals surface area contributed by atoms with Gasteiger partial charge in [-0.2, -0.15) is 0 Å². The third kappa shape index (κ3) is 3.71. The molecular formula is C44H26O2. The summed E-state index contributed by atoms with van der Waals surface area (Å²) in [6.07, 6.45) is 0. The first-order chi connectivity index (χ1) is 22.8. The molecule has 2 nitrogen and oxygen atoms in total. The summed E-state index contributed by atoms with van der Waals surface area (Å²) in [5, 5.41) is 10.5. The summed E-state index contributed by atoms with van der Waals surface area (Å²) >= 11 is 0. The molecule has 8 aromatic carbocycles. The Kier molecular flexibility index (Phi) is 5.31. The van der Waals surface area contributed by atoms with Crippen molar-refractivity contribution in [3.05, 3.63) is 158 Å². The number of para-hydroxylation sites is 1. The first-order valence-corrected chi connectivity index (χ1v) is 15.7. The quantitative estimate of drug-likeness (QED) is 0.193. The van der Waals surface area contributed by atoms with Crippen molar-refractivity contribution in [2.24, 2.45) is 0 Å². The van der Waals surface area contributed by atoms with Gasteiger partial charge in [0.1, 0.15) is 22.5 Å². The molecule has 0 unspecified atom stereocenters. The van der Waals surface area contributed by atoms with Crippen LogP contribution in [0.3, 0.4) is 0 Å². The zero-order chi connectivity index (χ0) is 30.2. The van der Waals surface area contributed by atoms with E-state index in [0.717, 1.165) is 49.8 Å². The first-order valence-electron chi connectivity index (χ1n) is 15.7. The van der Waals surface area contributed by atoms with E-state index in [1.54, 1.807) is 0 Å². The van der Waals surface area contributed by atoms with E-state index in [1.165, 1.54) is 49.0 Å². The monoisotopic (exact) mass is 586 g/mol. The Hall–Kier alpha value is -6.12. The topological polar surface area (TPSA) is 26.3 Å². The number of rotatable bonds is 3. The van der Waals surface area contributed by atoms with Gasteiger partial charge < -0.3 is 8.83 Å². The molecule has 0 fully saturated rings. The first kappa shape index (κ1) is 25.2. The van der Waals surface area contributed by atoms with Gasteiger partial charge in [-0.3, -0.25) is 0 Å². The van der Waals surface area contributed by atoms with E-state index in [9.17, 15) is 0 Å². The molecule has 0 aliphatic carbocycles. The van der Waals surface area contributed by atoms with Gasteiger partial charge in [0.05, 0.1) is 0 Å². The minimum Gasteiger partial charge on any atom is -0.456 e. The minimum atomic E-state index is 0.857. The zero-order valence-corrected chi connectivity index (χ0v) is 24.8. The van der Waals surface area contributed by atoms with Crippen LogP contribution >= 0.6 is 0 Å². The van der Waals surface area contributed by atoms with Crippen LogP contribution in [0.25, 0.3) is 98.8 Å². The third-order valence-electron chi connectivity index (χ3n) is 9.43. The highest BCUT2D eigenvalue weighted by atomic mass is 16.3. The number of fused-ring (bicyclic) bond motifs is 7.